The minimum Gasteiger partial charge on any atom is -0.455 e. The maximum absolute atomic E-state index is 12.2. The number of amides is 1. The molecule has 0 saturated heterocycles. The summed E-state index contributed by atoms with van der Waals surface area (Å²) in [6.45, 7) is 1.24. The van der Waals surface area contributed by atoms with E-state index in [-0.39, 0.29) is 6.61 Å². The predicted octanol–water partition coefficient (Wildman–Crippen LogP) is 4.42. The van der Waals surface area contributed by atoms with E-state index in [9.17, 15) is 9.59 Å². The third kappa shape index (κ3) is 3.65. The van der Waals surface area contributed by atoms with Gasteiger partial charge < -0.3 is 10.1 Å². The molecular formula is C19H17Cl2NO3. The Labute approximate surface area is 156 Å². The molecule has 2 aromatic carbocycles. The molecule has 0 heterocycles. The van der Waals surface area contributed by atoms with E-state index in [2.05, 4.69) is 5.32 Å². The molecule has 0 aliphatic heterocycles. The van der Waals surface area contributed by atoms with E-state index in [0.29, 0.717) is 12.1 Å². The van der Waals surface area contributed by atoms with E-state index in [1.165, 1.54) is 0 Å². The van der Waals surface area contributed by atoms with Crippen molar-refractivity contribution >= 4 is 40.8 Å². The molecule has 0 radical (unpaired) electrons. The molecule has 3 rings (SSSR count). The number of para-hydroxylation sites is 1. The summed E-state index contributed by atoms with van der Waals surface area (Å²) in [6.07, 6.45) is 0.320. The van der Waals surface area contributed by atoms with Gasteiger partial charge in [0, 0.05) is 17.7 Å². The third-order valence-corrected chi connectivity index (χ3v) is 5.43. The maximum atomic E-state index is 12.2. The molecule has 1 atom stereocenters. The van der Waals surface area contributed by atoms with E-state index in [1.54, 1.807) is 13.0 Å². The molecule has 1 fully saturated rings. The lowest BCUT2D eigenvalue weighted by atomic mass is 10.0. The first kappa shape index (κ1) is 17.8. The number of rotatable bonds is 5. The Morgan fingerprint density at radius 2 is 1.68 bits per heavy atom. The van der Waals surface area contributed by atoms with Crippen molar-refractivity contribution in [3.8, 4) is 11.1 Å². The second-order valence-electron chi connectivity index (χ2n) is 6.25. The summed E-state index contributed by atoms with van der Waals surface area (Å²) >= 11 is 11.9. The lowest BCUT2D eigenvalue weighted by Gasteiger charge is -2.13. The Hall–Kier alpha value is -2.04. The first-order chi connectivity index (χ1) is 11.8. The van der Waals surface area contributed by atoms with Crippen LogP contribution in [0.5, 0.6) is 0 Å². The molecule has 1 unspecified atom stereocenters. The van der Waals surface area contributed by atoms with Crippen molar-refractivity contribution in [2.75, 3.05) is 11.9 Å². The minimum atomic E-state index is -1.11. The highest BCUT2D eigenvalue weighted by atomic mass is 35.5. The molecule has 1 N–H and O–H groups in total. The fourth-order valence-electron chi connectivity index (χ4n) is 2.56. The van der Waals surface area contributed by atoms with Crippen LogP contribution in [0, 0.1) is 5.41 Å². The molecule has 6 heteroatoms. The Morgan fingerprint density at radius 1 is 1.08 bits per heavy atom. The van der Waals surface area contributed by atoms with Crippen molar-refractivity contribution in [3.05, 3.63) is 54.6 Å². The fourth-order valence-corrected chi connectivity index (χ4v) is 3.25. The zero-order chi connectivity index (χ0) is 18.1. The molecule has 25 heavy (non-hydrogen) atoms. The molecule has 1 aliphatic carbocycles. The third-order valence-electron chi connectivity index (χ3n) is 4.33. The summed E-state index contributed by atoms with van der Waals surface area (Å²) in [5.74, 6) is -0.986. The molecule has 0 bridgehead atoms. The van der Waals surface area contributed by atoms with Crippen LogP contribution in [0.15, 0.2) is 54.6 Å². The number of halogens is 2. The van der Waals surface area contributed by atoms with E-state index in [1.807, 2.05) is 48.5 Å². The Bertz CT molecular complexity index is 807. The first-order valence-corrected chi connectivity index (χ1v) is 8.58. The Kier molecular flexibility index (Phi) is 4.76. The number of hydrogen-bond donors (Lipinski definition) is 1. The van der Waals surface area contributed by atoms with Gasteiger partial charge in [0.2, 0.25) is 0 Å². The molecule has 0 spiro atoms. The second-order valence-corrected chi connectivity index (χ2v) is 7.73. The van der Waals surface area contributed by atoms with Crippen molar-refractivity contribution in [2.24, 2.45) is 5.41 Å². The van der Waals surface area contributed by atoms with Crippen LogP contribution in [0.3, 0.4) is 0 Å². The number of alkyl halides is 2. The number of hydrogen-bond acceptors (Lipinski definition) is 3. The largest absolute Gasteiger partial charge is 0.455 e. The van der Waals surface area contributed by atoms with Crippen LogP contribution in [0.2, 0.25) is 0 Å². The predicted molar refractivity (Wildman–Crippen MR) is 98.6 cm³/mol. The van der Waals surface area contributed by atoms with E-state index >= 15 is 0 Å². The highest BCUT2D eigenvalue weighted by Crippen LogP contribution is 2.64. The Morgan fingerprint density at radius 3 is 2.32 bits per heavy atom. The smallest absolute Gasteiger partial charge is 0.315 e. The number of carbonyl (C=O) groups is 2. The summed E-state index contributed by atoms with van der Waals surface area (Å²) in [5, 5.41) is 2.77. The average Bonchev–Trinajstić information content (AvgIpc) is 3.13. The number of anilines is 1. The van der Waals surface area contributed by atoms with E-state index in [0.717, 1.165) is 11.1 Å². The number of esters is 1. The van der Waals surface area contributed by atoms with Gasteiger partial charge in [-0.2, -0.15) is 0 Å². The maximum Gasteiger partial charge on any atom is 0.315 e. The van der Waals surface area contributed by atoms with Crippen molar-refractivity contribution in [1.29, 1.82) is 0 Å². The standard InChI is InChI=1S/C19H17Cl2NO3/c1-18(12-19(18,20)21)17(24)25-11-16(23)22-15-10-6-5-9-14(15)13-7-3-2-4-8-13/h2-10H,11-12H2,1H3,(H,22,23). The normalized spacial score (nSPS) is 20.6. The quantitative estimate of drug-likeness (QED) is 0.619. The van der Waals surface area contributed by atoms with Crippen LogP contribution in [-0.4, -0.2) is 22.8 Å². The summed E-state index contributed by atoms with van der Waals surface area (Å²) in [7, 11) is 0. The highest BCUT2D eigenvalue weighted by Gasteiger charge is 2.69. The van der Waals surface area contributed by atoms with Gasteiger partial charge in [0.1, 0.15) is 9.75 Å². The lowest BCUT2D eigenvalue weighted by molar-refractivity contribution is -0.152. The molecule has 1 aliphatic rings. The van der Waals surface area contributed by atoms with Crippen LogP contribution >= 0.6 is 23.2 Å². The number of carbonyl (C=O) groups excluding carboxylic acids is 2. The molecule has 130 valence electrons. The summed E-state index contributed by atoms with van der Waals surface area (Å²) in [5.41, 5.74) is 1.57. The van der Waals surface area contributed by atoms with Gasteiger partial charge in [-0.15, -0.1) is 23.2 Å². The van der Waals surface area contributed by atoms with Crippen LogP contribution < -0.4 is 5.32 Å². The van der Waals surface area contributed by atoms with Gasteiger partial charge in [-0.25, -0.2) is 0 Å². The van der Waals surface area contributed by atoms with E-state index < -0.39 is 21.6 Å². The number of ether oxygens (including phenoxy) is 1. The molecular weight excluding hydrogens is 361 g/mol. The summed E-state index contributed by atoms with van der Waals surface area (Å²) < 4.78 is 3.95. The zero-order valence-corrected chi connectivity index (χ0v) is 15.1. The van der Waals surface area contributed by atoms with Crippen LogP contribution in [0.25, 0.3) is 11.1 Å². The number of benzene rings is 2. The number of nitrogens with one attached hydrogen (secondary N) is 1. The minimum absolute atomic E-state index is 0.320. The monoisotopic (exact) mass is 377 g/mol. The molecule has 2 aromatic rings. The molecule has 4 nitrogen and oxygen atoms in total. The van der Waals surface area contributed by atoms with Crippen molar-refractivity contribution in [1.82, 2.24) is 0 Å². The van der Waals surface area contributed by atoms with Crippen molar-refractivity contribution < 1.29 is 14.3 Å². The van der Waals surface area contributed by atoms with Crippen LogP contribution in [0.4, 0.5) is 5.69 Å². The summed E-state index contributed by atoms with van der Waals surface area (Å²) in [6, 6.07) is 17.1. The van der Waals surface area contributed by atoms with Gasteiger partial charge in [-0.05, 0) is 18.6 Å². The van der Waals surface area contributed by atoms with Crippen molar-refractivity contribution in [2.45, 2.75) is 17.7 Å². The first-order valence-electron chi connectivity index (χ1n) is 7.83. The lowest BCUT2D eigenvalue weighted by Crippen LogP contribution is -2.26. The SMILES string of the molecule is CC1(C(=O)OCC(=O)Nc2ccccc2-c2ccccc2)CC1(Cl)Cl. The highest BCUT2D eigenvalue weighted by molar-refractivity contribution is 6.53. The topological polar surface area (TPSA) is 55.4 Å². The van der Waals surface area contributed by atoms with Crippen molar-refractivity contribution in [3.63, 3.8) is 0 Å². The zero-order valence-electron chi connectivity index (χ0n) is 13.6. The fraction of sp³-hybridized carbons (Fsp3) is 0.263. The Balaban J connectivity index is 1.64. The van der Waals surface area contributed by atoms with Gasteiger partial charge in [-0.1, -0.05) is 48.5 Å². The van der Waals surface area contributed by atoms with Crippen LogP contribution in [-0.2, 0) is 14.3 Å². The second kappa shape index (κ2) is 6.70. The van der Waals surface area contributed by atoms with E-state index in [4.69, 9.17) is 27.9 Å². The molecule has 1 saturated carbocycles. The van der Waals surface area contributed by atoms with Gasteiger partial charge in [0.15, 0.2) is 6.61 Å². The molecule has 0 aromatic heterocycles. The summed E-state index contributed by atoms with van der Waals surface area (Å²) in [4.78, 5) is 24.2. The molecule has 1 amide bonds. The average molecular weight is 378 g/mol. The van der Waals surface area contributed by atoms with Gasteiger partial charge in [0.05, 0.1) is 0 Å². The van der Waals surface area contributed by atoms with Gasteiger partial charge in [-0.3, -0.25) is 9.59 Å². The van der Waals surface area contributed by atoms with Crippen LogP contribution in [0.1, 0.15) is 13.3 Å². The van der Waals surface area contributed by atoms with Gasteiger partial charge in [0.25, 0.3) is 5.91 Å². The van der Waals surface area contributed by atoms with Gasteiger partial charge >= 0.3 is 5.97 Å².